The van der Waals surface area contributed by atoms with Gasteiger partial charge in [0.1, 0.15) is 11.5 Å². The molecule has 6 nitrogen and oxygen atoms in total. The van der Waals surface area contributed by atoms with E-state index in [0.717, 1.165) is 6.20 Å². The van der Waals surface area contributed by atoms with Crippen molar-refractivity contribution in [2.45, 2.75) is 6.04 Å². The van der Waals surface area contributed by atoms with Gasteiger partial charge in [-0.1, -0.05) is 0 Å². The number of hydrogen-bond donors (Lipinski definition) is 2. The summed E-state index contributed by atoms with van der Waals surface area (Å²) in [5, 5.41) is 2.97. The van der Waals surface area contributed by atoms with E-state index < -0.39 is 11.1 Å². The molecule has 3 N–H and O–H groups in total. The van der Waals surface area contributed by atoms with E-state index in [1.54, 1.807) is 7.05 Å². The monoisotopic (exact) mass is 218 g/mol. The molecule has 1 rings (SSSR count). The first kappa shape index (κ1) is 11.2. The van der Waals surface area contributed by atoms with E-state index in [2.05, 4.69) is 10.3 Å². The minimum Gasteiger partial charge on any atom is -0.768 e. The minimum absolute atomic E-state index is 0.0901. The average molecular weight is 218 g/mol. The van der Waals surface area contributed by atoms with Gasteiger partial charge in [-0.25, -0.2) is 4.99 Å². The maximum atomic E-state index is 10.7. The Labute approximate surface area is 84.5 Å². The molecule has 0 bridgehead atoms. The van der Waals surface area contributed by atoms with E-state index in [-0.39, 0.29) is 16.8 Å². The normalized spacial score (nSPS) is 25.1. The largest absolute Gasteiger partial charge is 0.768 e. The highest BCUT2D eigenvalue weighted by Crippen LogP contribution is 2.08. The van der Waals surface area contributed by atoms with E-state index in [0.29, 0.717) is 13.2 Å². The fourth-order valence-corrected chi connectivity index (χ4v) is 1.37. The number of rotatable bonds is 3. The molecule has 1 aliphatic heterocycles. The third-order valence-corrected chi connectivity index (χ3v) is 2.50. The molecule has 0 aliphatic carbocycles. The zero-order valence-corrected chi connectivity index (χ0v) is 8.54. The molecule has 0 fully saturated rings. The van der Waals surface area contributed by atoms with E-state index in [1.807, 2.05) is 0 Å². The third-order valence-electron chi connectivity index (χ3n) is 1.83. The molecule has 0 saturated carbocycles. The van der Waals surface area contributed by atoms with E-state index in [4.69, 9.17) is 10.5 Å². The van der Waals surface area contributed by atoms with Gasteiger partial charge in [-0.2, -0.15) is 0 Å². The van der Waals surface area contributed by atoms with Crippen LogP contribution in [0.2, 0.25) is 0 Å². The smallest absolute Gasteiger partial charge is 0.225 e. The van der Waals surface area contributed by atoms with Crippen molar-refractivity contribution in [2.24, 2.45) is 10.7 Å². The van der Waals surface area contributed by atoms with Crippen molar-refractivity contribution in [1.29, 1.82) is 0 Å². The summed E-state index contributed by atoms with van der Waals surface area (Å²) in [6.07, 6.45) is 0.974. The maximum absolute atomic E-state index is 10.7. The molecule has 1 aliphatic rings. The van der Waals surface area contributed by atoms with E-state index in [9.17, 15) is 8.76 Å². The zero-order valence-electron chi connectivity index (χ0n) is 7.73. The molecule has 0 aromatic rings. The van der Waals surface area contributed by atoms with Crippen LogP contribution in [0.5, 0.6) is 0 Å². The molecule has 80 valence electrons. The first-order chi connectivity index (χ1) is 6.69. The van der Waals surface area contributed by atoms with Gasteiger partial charge in [-0.3, -0.25) is 4.21 Å². The van der Waals surface area contributed by atoms with Gasteiger partial charge in [0.05, 0.1) is 12.6 Å². The number of ether oxygens (including phenoxy) is 1. The lowest BCUT2D eigenvalue weighted by atomic mass is 10.3. The van der Waals surface area contributed by atoms with Crippen molar-refractivity contribution in [1.82, 2.24) is 5.32 Å². The predicted octanol–water partition coefficient (Wildman–Crippen LogP) is -1.32. The van der Waals surface area contributed by atoms with Gasteiger partial charge < -0.3 is 20.3 Å². The number of nitrogens with two attached hydrogens (primary N) is 1. The molecule has 0 aromatic heterocycles. The van der Waals surface area contributed by atoms with Crippen LogP contribution in [0.3, 0.4) is 0 Å². The predicted molar refractivity (Wildman–Crippen MR) is 52.3 cm³/mol. The first-order valence-electron chi connectivity index (χ1n) is 4.05. The molecular formula is C7H12N3O3S-. The molecule has 0 amide bonds. The van der Waals surface area contributed by atoms with Crippen LogP contribution in [0.1, 0.15) is 0 Å². The summed E-state index contributed by atoms with van der Waals surface area (Å²) in [5.41, 5.74) is 5.14. The Kier molecular flexibility index (Phi) is 4.05. The van der Waals surface area contributed by atoms with Gasteiger partial charge in [-0.15, -0.1) is 0 Å². The van der Waals surface area contributed by atoms with Crippen LogP contribution in [0, 0.1) is 0 Å². The fraction of sp³-hybridized carbons (Fsp3) is 0.571. The second-order valence-corrected chi connectivity index (χ2v) is 3.62. The summed E-state index contributed by atoms with van der Waals surface area (Å²) < 4.78 is 26.5. The van der Waals surface area contributed by atoms with Gasteiger partial charge in [0.25, 0.3) is 0 Å². The maximum Gasteiger partial charge on any atom is 0.225 e. The van der Waals surface area contributed by atoms with Crippen LogP contribution in [0.4, 0.5) is 0 Å². The van der Waals surface area contributed by atoms with Crippen molar-refractivity contribution in [2.75, 3.05) is 20.2 Å². The van der Waals surface area contributed by atoms with E-state index in [1.165, 1.54) is 0 Å². The van der Waals surface area contributed by atoms with Crippen LogP contribution in [0.15, 0.2) is 16.1 Å². The van der Waals surface area contributed by atoms with Crippen molar-refractivity contribution in [3.63, 3.8) is 0 Å². The van der Waals surface area contributed by atoms with Crippen LogP contribution in [-0.2, 0) is 15.8 Å². The summed E-state index contributed by atoms with van der Waals surface area (Å²) >= 11 is -2.40. The summed E-state index contributed by atoms with van der Waals surface area (Å²) in [4.78, 5) is 3.87. The van der Waals surface area contributed by atoms with Gasteiger partial charge in [0.15, 0.2) is 0 Å². The zero-order chi connectivity index (χ0) is 10.6. The molecule has 2 atom stereocenters. The number of hydrogen-bond acceptors (Lipinski definition) is 6. The molecule has 7 heteroatoms. The Morgan fingerprint density at radius 1 is 1.93 bits per heavy atom. The molecule has 0 spiro atoms. The molecule has 0 aromatic carbocycles. The summed E-state index contributed by atoms with van der Waals surface area (Å²) in [6, 6.07) is 0.123. The quantitative estimate of drug-likeness (QED) is 0.572. The lowest BCUT2D eigenvalue weighted by Gasteiger charge is -2.23. The van der Waals surface area contributed by atoms with Gasteiger partial charge in [0, 0.05) is 6.20 Å². The van der Waals surface area contributed by atoms with Crippen LogP contribution in [0.25, 0.3) is 0 Å². The lowest BCUT2D eigenvalue weighted by molar-refractivity contribution is 0.244. The Morgan fingerprint density at radius 2 is 2.64 bits per heavy atom. The van der Waals surface area contributed by atoms with Crippen LogP contribution >= 0.6 is 0 Å². The molecular weight excluding hydrogens is 206 g/mol. The van der Waals surface area contributed by atoms with Crippen molar-refractivity contribution in [3.8, 4) is 0 Å². The highest BCUT2D eigenvalue weighted by atomic mass is 32.2. The van der Waals surface area contributed by atoms with Crippen LogP contribution in [-0.4, -0.2) is 40.9 Å². The molecule has 0 radical (unpaired) electrons. The van der Waals surface area contributed by atoms with Crippen molar-refractivity contribution in [3.05, 3.63) is 11.1 Å². The number of nitrogens with zero attached hydrogens (tertiary/aromatic N) is 1. The molecule has 14 heavy (non-hydrogen) atoms. The average Bonchev–Trinajstić information content (AvgIpc) is 2.19. The summed E-state index contributed by atoms with van der Waals surface area (Å²) in [6.45, 7) is 0.879. The molecule has 1 heterocycles. The molecule has 0 saturated heterocycles. The topological polar surface area (TPSA) is 99.8 Å². The Hall–Kier alpha value is -0.920. The highest BCUT2D eigenvalue weighted by Gasteiger charge is 2.18. The van der Waals surface area contributed by atoms with Gasteiger partial charge in [0.2, 0.25) is 5.90 Å². The Balaban J connectivity index is 2.71. The second kappa shape index (κ2) is 5.08. The van der Waals surface area contributed by atoms with Crippen molar-refractivity contribution >= 4 is 17.0 Å². The lowest BCUT2D eigenvalue weighted by Crippen LogP contribution is -2.38. The van der Waals surface area contributed by atoms with Crippen LogP contribution < -0.4 is 11.1 Å². The number of likely N-dealkylation sites (N-methyl/N-ethyl adjacent to an activating group) is 1. The first-order valence-corrected chi connectivity index (χ1v) is 5.12. The Bertz CT molecular complexity index is 290. The summed E-state index contributed by atoms with van der Waals surface area (Å²) in [5.74, 6) is 0.0901. The SMILES string of the molecule is CN[C@H]1CN=C(C(=CN)S(=O)[O-])OC1. The van der Waals surface area contributed by atoms with Crippen molar-refractivity contribution < 1.29 is 13.5 Å². The second-order valence-electron chi connectivity index (χ2n) is 2.71. The minimum atomic E-state index is -2.40. The Morgan fingerprint density at radius 3 is 3.00 bits per heavy atom. The third kappa shape index (κ3) is 2.53. The van der Waals surface area contributed by atoms with E-state index >= 15 is 0 Å². The van der Waals surface area contributed by atoms with Gasteiger partial charge in [-0.05, 0) is 18.1 Å². The summed E-state index contributed by atoms with van der Waals surface area (Å²) in [7, 11) is 1.79. The highest BCUT2D eigenvalue weighted by molar-refractivity contribution is 7.84. The number of nitrogens with one attached hydrogen (secondary N) is 1. The standard InChI is InChI=1S/C7H13N3O3S/c1-9-5-3-10-7(13-4-5)6(2-8)14(11)12/h2,5,9H,3-4,8H2,1H3,(H,11,12)/p-1/t5-/m0/s1. The number of aliphatic imine (C=N–C) groups is 1. The fourth-order valence-electron chi connectivity index (χ4n) is 0.993. The van der Waals surface area contributed by atoms with Gasteiger partial charge >= 0.3 is 0 Å². The molecule has 1 unspecified atom stereocenters.